The topological polar surface area (TPSA) is 64.1 Å². The number of carbonyl (C=O) groups excluding carboxylic acids is 1. The molecule has 0 radical (unpaired) electrons. The summed E-state index contributed by atoms with van der Waals surface area (Å²) in [5.74, 6) is -1.53. The van der Waals surface area contributed by atoms with E-state index in [1.165, 1.54) is 18.5 Å². The molecule has 0 unspecified atom stereocenters. The Balaban J connectivity index is 1.80. The van der Waals surface area contributed by atoms with Gasteiger partial charge in [-0.15, -0.1) is 0 Å². The molecule has 0 spiro atoms. The van der Waals surface area contributed by atoms with Crippen molar-refractivity contribution in [3.63, 3.8) is 0 Å². The molecule has 30 heavy (non-hydrogen) atoms. The molecule has 1 amide bonds. The van der Waals surface area contributed by atoms with Crippen molar-refractivity contribution in [2.75, 3.05) is 5.32 Å². The van der Waals surface area contributed by atoms with Gasteiger partial charge in [0.15, 0.2) is 0 Å². The minimum atomic E-state index is -5.00. The van der Waals surface area contributed by atoms with Gasteiger partial charge in [-0.25, -0.2) is 4.98 Å². The number of pyridine rings is 2. The number of hydrogen-bond acceptors (Lipinski definition) is 4. The number of amides is 1. The first kappa shape index (κ1) is 21.1. The number of benzene rings is 1. The average Bonchev–Trinajstić information content (AvgIpc) is 2.68. The minimum absolute atomic E-state index is 0.00778. The van der Waals surface area contributed by atoms with Gasteiger partial charge in [-0.1, -0.05) is 0 Å². The summed E-state index contributed by atoms with van der Waals surface area (Å²) in [6, 6.07) is 6.46. The van der Waals surface area contributed by atoms with E-state index in [9.17, 15) is 31.1 Å². The smallest absolute Gasteiger partial charge is 0.416 e. The van der Waals surface area contributed by atoms with E-state index in [1.54, 1.807) is 12.1 Å². The van der Waals surface area contributed by atoms with Gasteiger partial charge in [0.05, 0.1) is 28.6 Å². The zero-order valence-corrected chi connectivity index (χ0v) is 14.8. The second-order valence-electron chi connectivity index (χ2n) is 5.92. The molecule has 156 valence electrons. The van der Waals surface area contributed by atoms with Gasteiger partial charge >= 0.3 is 12.4 Å². The predicted octanol–water partition coefficient (Wildman–Crippen LogP) is 5.56. The maximum absolute atomic E-state index is 12.9. The van der Waals surface area contributed by atoms with Crippen LogP contribution in [0.15, 0.2) is 61.1 Å². The number of rotatable bonds is 4. The highest BCUT2D eigenvalue weighted by Gasteiger charge is 2.37. The second kappa shape index (κ2) is 8.01. The summed E-state index contributed by atoms with van der Waals surface area (Å²) in [7, 11) is 0. The molecule has 0 atom stereocenters. The second-order valence-corrected chi connectivity index (χ2v) is 5.92. The quantitative estimate of drug-likeness (QED) is 0.554. The number of ether oxygens (including phenoxy) is 1. The lowest BCUT2D eigenvalue weighted by atomic mass is 10.1. The number of hydrogen-bond donors (Lipinski definition) is 1. The van der Waals surface area contributed by atoms with Gasteiger partial charge in [0.25, 0.3) is 5.91 Å². The van der Waals surface area contributed by atoms with Crippen LogP contribution in [0.4, 0.5) is 32.0 Å². The number of anilines is 1. The van der Waals surface area contributed by atoms with Crippen molar-refractivity contribution in [2.45, 2.75) is 12.4 Å². The average molecular weight is 427 g/mol. The molecule has 5 nitrogen and oxygen atoms in total. The van der Waals surface area contributed by atoms with Crippen LogP contribution in [-0.2, 0) is 12.4 Å². The predicted molar refractivity (Wildman–Crippen MR) is 92.9 cm³/mol. The zero-order valence-electron chi connectivity index (χ0n) is 14.8. The number of alkyl halides is 6. The highest BCUT2D eigenvalue weighted by Crippen LogP contribution is 2.39. The summed E-state index contributed by atoms with van der Waals surface area (Å²) in [6.45, 7) is 0. The van der Waals surface area contributed by atoms with Crippen LogP contribution in [0.3, 0.4) is 0 Å². The number of halogens is 6. The fourth-order valence-electron chi connectivity index (χ4n) is 2.32. The molecule has 1 aromatic carbocycles. The first-order chi connectivity index (χ1) is 14.0. The molecule has 11 heteroatoms. The normalized spacial score (nSPS) is 11.8. The van der Waals surface area contributed by atoms with Crippen molar-refractivity contribution >= 4 is 11.6 Å². The Morgan fingerprint density at radius 2 is 1.57 bits per heavy atom. The van der Waals surface area contributed by atoms with E-state index in [2.05, 4.69) is 15.3 Å². The van der Waals surface area contributed by atoms with Gasteiger partial charge in [0.1, 0.15) is 5.75 Å². The Morgan fingerprint density at radius 1 is 0.900 bits per heavy atom. The number of carbonyl (C=O) groups is 1. The van der Waals surface area contributed by atoms with Gasteiger partial charge in [-0.3, -0.25) is 9.78 Å². The van der Waals surface area contributed by atoms with Crippen LogP contribution in [-0.4, -0.2) is 15.9 Å². The largest absolute Gasteiger partial charge is 0.439 e. The maximum atomic E-state index is 12.9. The molecular formula is C19H11F6N3O2. The standard InChI is InChI=1S/C19H11F6N3O2/c20-18(21,22)12-6-13(19(23,24)25)8-15(7-12)30-16-4-3-11(9-27-16)17(29)28-14-2-1-5-26-10-14/h1-10H,(H,28,29). The number of nitrogens with zero attached hydrogens (tertiary/aromatic N) is 2. The van der Waals surface area contributed by atoms with Crippen LogP contribution in [0.5, 0.6) is 11.6 Å². The molecule has 1 N–H and O–H groups in total. The Hall–Kier alpha value is -3.63. The fraction of sp³-hybridized carbons (Fsp3) is 0.105. The lowest BCUT2D eigenvalue weighted by Crippen LogP contribution is -2.12. The molecule has 2 aromatic heterocycles. The van der Waals surface area contributed by atoms with Crippen LogP contribution in [0.1, 0.15) is 21.5 Å². The molecular weight excluding hydrogens is 416 g/mol. The van der Waals surface area contributed by atoms with Crippen LogP contribution < -0.4 is 10.1 Å². The van der Waals surface area contributed by atoms with Crippen LogP contribution in [0.2, 0.25) is 0 Å². The van der Waals surface area contributed by atoms with Crippen molar-refractivity contribution in [3.8, 4) is 11.6 Å². The van der Waals surface area contributed by atoms with Crippen molar-refractivity contribution in [2.24, 2.45) is 0 Å². The zero-order chi connectivity index (χ0) is 21.9. The van der Waals surface area contributed by atoms with Gasteiger partial charge in [0.2, 0.25) is 5.88 Å². The third-order valence-electron chi connectivity index (χ3n) is 3.70. The lowest BCUT2D eigenvalue weighted by Gasteiger charge is -2.14. The summed E-state index contributed by atoms with van der Waals surface area (Å²) in [4.78, 5) is 19.7. The summed E-state index contributed by atoms with van der Waals surface area (Å²) in [6.07, 6.45) is -6.00. The van der Waals surface area contributed by atoms with E-state index in [0.717, 1.165) is 12.3 Å². The molecule has 0 saturated heterocycles. The molecule has 3 aromatic rings. The number of aromatic nitrogens is 2. The highest BCUT2D eigenvalue weighted by molar-refractivity contribution is 6.03. The molecule has 0 aliphatic carbocycles. The van der Waals surface area contributed by atoms with E-state index in [4.69, 9.17) is 4.74 Å². The van der Waals surface area contributed by atoms with Crippen molar-refractivity contribution in [1.82, 2.24) is 9.97 Å². The lowest BCUT2D eigenvalue weighted by molar-refractivity contribution is -0.143. The first-order valence-electron chi connectivity index (χ1n) is 8.17. The van der Waals surface area contributed by atoms with Crippen LogP contribution >= 0.6 is 0 Å². The fourth-order valence-corrected chi connectivity index (χ4v) is 2.32. The van der Waals surface area contributed by atoms with Crippen molar-refractivity contribution in [3.05, 3.63) is 77.7 Å². The van der Waals surface area contributed by atoms with Crippen LogP contribution in [0, 0.1) is 0 Å². The molecule has 0 saturated carbocycles. The Kier molecular flexibility index (Phi) is 5.63. The number of nitrogens with one attached hydrogen (secondary N) is 1. The van der Waals surface area contributed by atoms with Gasteiger partial charge in [-0.2, -0.15) is 26.3 Å². The monoisotopic (exact) mass is 427 g/mol. The molecule has 0 aliphatic rings. The maximum Gasteiger partial charge on any atom is 0.416 e. The molecule has 0 aliphatic heterocycles. The van der Waals surface area contributed by atoms with E-state index in [1.807, 2.05) is 0 Å². The third kappa shape index (κ3) is 5.25. The summed E-state index contributed by atoms with van der Waals surface area (Å²) < 4.78 is 82.5. The summed E-state index contributed by atoms with van der Waals surface area (Å²) in [5, 5.41) is 2.54. The third-order valence-corrected chi connectivity index (χ3v) is 3.70. The SMILES string of the molecule is O=C(Nc1cccnc1)c1ccc(Oc2cc(C(F)(F)F)cc(C(F)(F)F)c2)nc1. The first-order valence-corrected chi connectivity index (χ1v) is 8.17. The minimum Gasteiger partial charge on any atom is -0.439 e. The van der Waals surface area contributed by atoms with Gasteiger partial charge in [-0.05, 0) is 36.4 Å². The summed E-state index contributed by atoms with van der Waals surface area (Å²) >= 11 is 0. The molecule has 3 rings (SSSR count). The van der Waals surface area contributed by atoms with Crippen LogP contribution in [0.25, 0.3) is 0 Å². The van der Waals surface area contributed by atoms with Gasteiger partial charge in [0, 0.05) is 18.5 Å². The molecule has 2 heterocycles. The van der Waals surface area contributed by atoms with Crippen molar-refractivity contribution < 1.29 is 35.9 Å². The Morgan fingerprint density at radius 3 is 2.07 bits per heavy atom. The molecule has 0 bridgehead atoms. The Labute approximate surface area is 165 Å². The Bertz CT molecular complexity index is 1000. The van der Waals surface area contributed by atoms with E-state index in [-0.39, 0.29) is 17.5 Å². The van der Waals surface area contributed by atoms with Crippen molar-refractivity contribution in [1.29, 1.82) is 0 Å². The molecule has 0 fully saturated rings. The van der Waals surface area contributed by atoms with E-state index < -0.39 is 35.1 Å². The summed E-state index contributed by atoms with van der Waals surface area (Å²) in [5.41, 5.74) is -2.52. The van der Waals surface area contributed by atoms with Gasteiger partial charge < -0.3 is 10.1 Å². The van der Waals surface area contributed by atoms with E-state index in [0.29, 0.717) is 17.8 Å². The van der Waals surface area contributed by atoms with E-state index >= 15 is 0 Å². The highest BCUT2D eigenvalue weighted by atomic mass is 19.4.